The maximum atomic E-state index is 10.6. The van der Waals surface area contributed by atoms with E-state index in [4.69, 9.17) is 5.11 Å². The van der Waals surface area contributed by atoms with Gasteiger partial charge in [0.15, 0.2) is 0 Å². The number of carboxylic acid groups (broad SMARTS) is 1. The Morgan fingerprint density at radius 1 is 1.50 bits per heavy atom. The molecule has 2 rings (SSSR count). The molecular formula is C10H9BrO3. The average molecular weight is 257 g/mol. The third-order valence-corrected chi connectivity index (χ3v) is 3.14. The van der Waals surface area contributed by atoms with Gasteiger partial charge in [0.1, 0.15) is 5.75 Å². The molecule has 1 fully saturated rings. The predicted molar refractivity (Wildman–Crippen MR) is 54.3 cm³/mol. The number of aliphatic carboxylic acids is 1. The number of rotatable bonds is 2. The molecule has 1 aliphatic carbocycles. The summed E-state index contributed by atoms with van der Waals surface area (Å²) in [5.41, 5.74) is 0.974. The van der Waals surface area contributed by atoms with Crippen molar-refractivity contribution in [1.29, 1.82) is 0 Å². The highest BCUT2D eigenvalue weighted by Crippen LogP contribution is 2.48. The van der Waals surface area contributed by atoms with E-state index in [1.165, 1.54) is 0 Å². The molecule has 0 aliphatic heterocycles. The smallest absolute Gasteiger partial charge is 0.307 e. The number of phenolic OH excluding ortho intramolecular Hbond substituents is 1. The highest BCUT2D eigenvalue weighted by Gasteiger charge is 2.44. The quantitative estimate of drug-likeness (QED) is 0.854. The van der Waals surface area contributed by atoms with Crippen molar-refractivity contribution in [3.63, 3.8) is 0 Å². The predicted octanol–water partition coefficient (Wildman–Crippen LogP) is 2.34. The second-order valence-electron chi connectivity index (χ2n) is 3.50. The molecule has 2 N–H and O–H groups in total. The Kier molecular flexibility index (Phi) is 2.23. The number of hydrogen-bond acceptors (Lipinski definition) is 2. The van der Waals surface area contributed by atoms with Crippen LogP contribution in [-0.4, -0.2) is 16.2 Å². The van der Waals surface area contributed by atoms with Crippen LogP contribution in [0.5, 0.6) is 5.75 Å². The molecule has 2 atom stereocenters. The van der Waals surface area contributed by atoms with Crippen LogP contribution in [0.25, 0.3) is 0 Å². The maximum Gasteiger partial charge on any atom is 0.307 e. The molecule has 74 valence electrons. The Hall–Kier alpha value is -1.03. The first-order valence-electron chi connectivity index (χ1n) is 4.31. The van der Waals surface area contributed by atoms with Gasteiger partial charge in [0.05, 0.1) is 10.4 Å². The minimum absolute atomic E-state index is 0.115. The van der Waals surface area contributed by atoms with E-state index >= 15 is 0 Å². The summed E-state index contributed by atoms with van der Waals surface area (Å²) in [6.45, 7) is 0. The summed E-state index contributed by atoms with van der Waals surface area (Å²) in [7, 11) is 0. The number of benzene rings is 1. The van der Waals surface area contributed by atoms with Crippen LogP contribution < -0.4 is 0 Å². The van der Waals surface area contributed by atoms with Crippen LogP contribution >= 0.6 is 15.9 Å². The fourth-order valence-corrected chi connectivity index (χ4v) is 1.99. The molecule has 14 heavy (non-hydrogen) atoms. The van der Waals surface area contributed by atoms with E-state index in [0.29, 0.717) is 10.9 Å². The van der Waals surface area contributed by atoms with Gasteiger partial charge in [-0.15, -0.1) is 0 Å². The molecule has 1 aliphatic rings. The monoisotopic (exact) mass is 256 g/mol. The lowest BCUT2D eigenvalue weighted by atomic mass is 10.1. The van der Waals surface area contributed by atoms with Gasteiger partial charge in [0.25, 0.3) is 0 Å². The second-order valence-corrected chi connectivity index (χ2v) is 4.35. The number of aromatic hydroxyl groups is 1. The first-order chi connectivity index (χ1) is 6.59. The van der Waals surface area contributed by atoms with Crippen molar-refractivity contribution in [2.24, 2.45) is 5.92 Å². The summed E-state index contributed by atoms with van der Waals surface area (Å²) in [6.07, 6.45) is 0.701. The third-order valence-electron chi connectivity index (χ3n) is 2.51. The summed E-state index contributed by atoms with van der Waals surface area (Å²) in [6, 6.07) is 5.13. The lowest BCUT2D eigenvalue weighted by molar-refractivity contribution is -0.138. The summed E-state index contributed by atoms with van der Waals surface area (Å²) in [5, 5.41) is 18.0. The van der Waals surface area contributed by atoms with Gasteiger partial charge < -0.3 is 10.2 Å². The zero-order chi connectivity index (χ0) is 10.3. The Morgan fingerprint density at radius 2 is 2.21 bits per heavy atom. The van der Waals surface area contributed by atoms with E-state index in [9.17, 15) is 9.90 Å². The van der Waals surface area contributed by atoms with Crippen LogP contribution in [-0.2, 0) is 4.79 Å². The van der Waals surface area contributed by atoms with Crippen LogP contribution in [0, 0.1) is 5.92 Å². The van der Waals surface area contributed by atoms with Gasteiger partial charge in [0, 0.05) is 0 Å². The molecule has 0 saturated heterocycles. The van der Waals surface area contributed by atoms with E-state index in [2.05, 4.69) is 15.9 Å². The zero-order valence-electron chi connectivity index (χ0n) is 7.27. The number of hydrogen-bond donors (Lipinski definition) is 2. The Labute approximate surface area is 89.5 Å². The van der Waals surface area contributed by atoms with E-state index in [-0.39, 0.29) is 17.6 Å². The standard InChI is InChI=1S/C10H9BrO3/c11-8-3-5(1-2-9(8)12)6-4-7(6)10(13)14/h1-3,6-7,12H,4H2,(H,13,14)/t6-,7+/m0/s1. The van der Waals surface area contributed by atoms with Crippen molar-refractivity contribution in [1.82, 2.24) is 0 Å². The summed E-state index contributed by atoms with van der Waals surface area (Å²) in [4.78, 5) is 10.6. The van der Waals surface area contributed by atoms with Crippen molar-refractivity contribution in [2.75, 3.05) is 0 Å². The van der Waals surface area contributed by atoms with Gasteiger partial charge in [-0.05, 0) is 46.0 Å². The first-order valence-corrected chi connectivity index (χ1v) is 5.10. The number of carbonyl (C=O) groups is 1. The molecule has 0 aromatic heterocycles. The van der Waals surface area contributed by atoms with Gasteiger partial charge in [-0.25, -0.2) is 0 Å². The lowest BCUT2D eigenvalue weighted by Crippen LogP contribution is -1.98. The zero-order valence-corrected chi connectivity index (χ0v) is 8.86. The number of halogens is 1. The molecule has 1 saturated carbocycles. The van der Waals surface area contributed by atoms with Crippen molar-refractivity contribution in [2.45, 2.75) is 12.3 Å². The second kappa shape index (κ2) is 3.28. The van der Waals surface area contributed by atoms with Gasteiger partial charge in [-0.3, -0.25) is 4.79 Å². The fraction of sp³-hybridized carbons (Fsp3) is 0.300. The molecule has 0 spiro atoms. The van der Waals surface area contributed by atoms with E-state index in [1.54, 1.807) is 18.2 Å². The molecule has 1 aromatic carbocycles. The Morgan fingerprint density at radius 3 is 2.71 bits per heavy atom. The van der Waals surface area contributed by atoms with Gasteiger partial charge in [-0.1, -0.05) is 6.07 Å². The van der Waals surface area contributed by atoms with E-state index < -0.39 is 5.97 Å². The lowest BCUT2D eigenvalue weighted by Gasteiger charge is -2.01. The van der Waals surface area contributed by atoms with Gasteiger partial charge in [-0.2, -0.15) is 0 Å². The number of carboxylic acids is 1. The van der Waals surface area contributed by atoms with Crippen molar-refractivity contribution >= 4 is 21.9 Å². The van der Waals surface area contributed by atoms with Crippen LogP contribution in [0.2, 0.25) is 0 Å². The van der Waals surface area contributed by atoms with Gasteiger partial charge in [0.2, 0.25) is 0 Å². The molecule has 0 bridgehead atoms. The maximum absolute atomic E-state index is 10.6. The summed E-state index contributed by atoms with van der Waals surface area (Å²) in [5.74, 6) is -0.684. The molecule has 4 heteroatoms. The molecule has 3 nitrogen and oxygen atoms in total. The third kappa shape index (κ3) is 1.62. The Balaban J connectivity index is 2.20. The topological polar surface area (TPSA) is 57.5 Å². The van der Waals surface area contributed by atoms with E-state index in [0.717, 1.165) is 5.56 Å². The molecule has 0 radical (unpaired) electrons. The van der Waals surface area contributed by atoms with Crippen molar-refractivity contribution in [3.8, 4) is 5.75 Å². The summed E-state index contributed by atoms with van der Waals surface area (Å²) < 4.78 is 0.617. The molecule has 0 heterocycles. The minimum atomic E-state index is -0.737. The van der Waals surface area contributed by atoms with E-state index in [1.807, 2.05) is 0 Å². The minimum Gasteiger partial charge on any atom is -0.507 e. The van der Waals surface area contributed by atoms with Crippen molar-refractivity contribution in [3.05, 3.63) is 28.2 Å². The molecule has 0 amide bonds. The number of phenols is 1. The Bertz CT molecular complexity index is 389. The SMILES string of the molecule is O=C(O)[C@@H]1C[C@H]1c1ccc(O)c(Br)c1. The van der Waals surface area contributed by atoms with Crippen molar-refractivity contribution < 1.29 is 15.0 Å². The largest absolute Gasteiger partial charge is 0.507 e. The van der Waals surface area contributed by atoms with Crippen LogP contribution in [0.4, 0.5) is 0 Å². The highest BCUT2D eigenvalue weighted by atomic mass is 79.9. The summed E-state index contributed by atoms with van der Waals surface area (Å²) >= 11 is 3.20. The first kappa shape index (κ1) is 9.52. The molecule has 0 unspecified atom stereocenters. The molecular weight excluding hydrogens is 248 g/mol. The fourth-order valence-electron chi connectivity index (χ4n) is 1.59. The van der Waals surface area contributed by atoms with Crippen LogP contribution in [0.3, 0.4) is 0 Å². The van der Waals surface area contributed by atoms with Crippen LogP contribution in [0.1, 0.15) is 17.9 Å². The highest BCUT2D eigenvalue weighted by molar-refractivity contribution is 9.10. The van der Waals surface area contributed by atoms with Crippen LogP contribution in [0.15, 0.2) is 22.7 Å². The molecule has 1 aromatic rings. The normalized spacial score (nSPS) is 24.6. The average Bonchev–Trinajstić information content (AvgIpc) is 2.89. The van der Waals surface area contributed by atoms with Gasteiger partial charge >= 0.3 is 5.97 Å².